The van der Waals surface area contributed by atoms with Crippen LogP contribution in [0.4, 0.5) is 0 Å². The van der Waals surface area contributed by atoms with Crippen LogP contribution in [0.25, 0.3) is 0 Å². The maximum absolute atomic E-state index is 5.99. The van der Waals surface area contributed by atoms with Crippen LogP contribution in [0.1, 0.15) is 12.0 Å². The van der Waals surface area contributed by atoms with E-state index in [4.69, 9.17) is 14.2 Å². The van der Waals surface area contributed by atoms with Crippen molar-refractivity contribution in [3.05, 3.63) is 29.8 Å². The van der Waals surface area contributed by atoms with Gasteiger partial charge in [0, 0.05) is 58.4 Å². The molecule has 0 unspecified atom stereocenters. The van der Waals surface area contributed by atoms with Crippen LogP contribution in [0.3, 0.4) is 0 Å². The molecule has 3 heterocycles. The molecule has 3 fully saturated rings. The average Bonchev–Trinajstić information content (AvgIpc) is 2.70. The Morgan fingerprint density at radius 3 is 2.44 bits per heavy atom. The SMILES string of the molecule is c1cc(CN2CC(N3CCOCC3)C2)cc(OCCCN2CCOCC2)c1. The minimum atomic E-state index is 0.716. The molecular weight excluding hydrogens is 342 g/mol. The van der Waals surface area contributed by atoms with E-state index in [9.17, 15) is 0 Å². The van der Waals surface area contributed by atoms with Gasteiger partial charge in [0.1, 0.15) is 5.75 Å². The molecule has 4 rings (SSSR count). The summed E-state index contributed by atoms with van der Waals surface area (Å²) in [5, 5.41) is 0. The smallest absolute Gasteiger partial charge is 0.119 e. The maximum atomic E-state index is 5.99. The van der Waals surface area contributed by atoms with E-state index < -0.39 is 0 Å². The average molecular weight is 376 g/mol. The highest BCUT2D eigenvalue weighted by Gasteiger charge is 2.32. The molecule has 150 valence electrons. The van der Waals surface area contributed by atoms with Crippen molar-refractivity contribution in [2.45, 2.75) is 19.0 Å². The first-order chi connectivity index (χ1) is 13.4. The van der Waals surface area contributed by atoms with Gasteiger partial charge in [0.05, 0.1) is 33.0 Å². The third-order valence-corrected chi connectivity index (χ3v) is 5.80. The summed E-state index contributed by atoms with van der Waals surface area (Å²) in [5.74, 6) is 1.000. The van der Waals surface area contributed by atoms with Crippen molar-refractivity contribution in [1.29, 1.82) is 0 Å². The fraction of sp³-hybridized carbons (Fsp3) is 0.714. The summed E-state index contributed by atoms with van der Waals surface area (Å²) < 4.78 is 16.8. The summed E-state index contributed by atoms with van der Waals surface area (Å²) in [7, 11) is 0. The van der Waals surface area contributed by atoms with Gasteiger partial charge in [0.25, 0.3) is 0 Å². The lowest BCUT2D eigenvalue weighted by Crippen LogP contribution is -2.60. The standard InChI is InChI=1S/C21H33N3O3/c1-3-19(16-23-17-20(18-23)24-8-13-26-14-9-24)15-21(4-1)27-10-2-5-22-6-11-25-12-7-22/h1,3-4,15,20H,2,5-14,16-18H2. The van der Waals surface area contributed by atoms with E-state index in [0.29, 0.717) is 6.04 Å². The Kier molecular flexibility index (Phi) is 6.98. The van der Waals surface area contributed by atoms with Gasteiger partial charge >= 0.3 is 0 Å². The third-order valence-electron chi connectivity index (χ3n) is 5.80. The Morgan fingerprint density at radius 2 is 1.67 bits per heavy atom. The Hall–Kier alpha value is -1.18. The van der Waals surface area contributed by atoms with Crippen molar-refractivity contribution in [2.75, 3.05) is 78.8 Å². The van der Waals surface area contributed by atoms with Gasteiger partial charge in [-0.1, -0.05) is 12.1 Å². The Bertz CT molecular complexity index is 568. The molecule has 0 radical (unpaired) electrons. The third kappa shape index (κ3) is 5.65. The molecule has 6 nitrogen and oxygen atoms in total. The van der Waals surface area contributed by atoms with Crippen molar-refractivity contribution >= 4 is 0 Å². The fourth-order valence-corrected chi connectivity index (χ4v) is 4.14. The van der Waals surface area contributed by atoms with Gasteiger partial charge < -0.3 is 14.2 Å². The van der Waals surface area contributed by atoms with Crippen molar-refractivity contribution < 1.29 is 14.2 Å². The topological polar surface area (TPSA) is 37.4 Å². The predicted octanol–water partition coefficient (Wildman–Crippen LogP) is 1.30. The van der Waals surface area contributed by atoms with Gasteiger partial charge in [-0.05, 0) is 24.1 Å². The maximum Gasteiger partial charge on any atom is 0.119 e. The zero-order valence-electron chi connectivity index (χ0n) is 16.4. The molecule has 6 heteroatoms. The number of rotatable bonds is 8. The summed E-state index contributed by atoms with van der Waals surface area (Å²) in [5.41, 5.74) is 1.35. The second-order valence-corrected chi connectivity index (χ2v) is 7.80. The van der Waals surface area contributed by atoms with Crippen molar-refractivity contribution in [3.63, 3.8) is 0 Å². The van der Waals surface area contributed by atoms with E-state index in [0.717, 1.165) is 84.5 Å². The lowest BCUT2D eigenvalue weighted by molar-refractivity contribution is -0.0344. The highest BCUT2D eigenvalue weighted by atomic mass is 16.5. The summed E-state index contributed by atoms with van der Waals surface area (Å²) >= 11 is 0. The van der Waals surface area contributed by atoms with Gasteiger partial charge in [-0.3, -0.25) is 14.7 Å². The molecule has 1 aromatic rings. The van der Waals surface area contributed by atoms with E-state index >= 15 is 0 Å². The zero-order valence-corrected chi connectivity index (χ0v) is 16.4. The molecule has 27 heavy (non-hydrogen) atoms. The molecule has 0 spiro atoms. The molecule has 0 saturated carbocycles. The van der Waals surface area contributed by atoms with E-state index in [1.54, 1.807) is 0 Å². The van der Waals surface area contributed by atoms with Gasteiger partial charge in [0.15, 0.2) is 0 Å². The molecule has 1 aromatic carbocycles. The Labute approximate surface area is 163 Å². The second-order valence-electron chi connectivity index (χ2n) is 7.80. The number of hydrogen-bond acceptors (Lipinski definition) is 6. The molecule has 0 aromatic heterocycles. The number of benzene rings is 1. The van der Waals surface area contributed by atoms with E-state index in [1.165, 1.54) is 18.7 Å². The van der Waals surface area contributed by atoms with E-state index in [2.05, 4.69) is 39.0 Å². The van der Waals surface area contributed by atoms with Crippen LogP contribution in [0.5, 0.6) is 5.75 Å². The number of likely N-dealkylation sites (tertiary alicyclic amines) is 1. The molecule has 0 atom stereocenters. The first-order valence-electron chi connectivity index (χ1n) is 10.4. The number of hydrogen-bond donors (Lipinski definition) is 0. The lowest BCUT2D eigenvalue weighted by Gasteiger charge is -2.46. The minimum absolute atomic E-state index is 0.716. The van der Waals surface area contributed by atoms with Crippen molar-refractivity contribution in [3.8, 4) is 5.75 Å². The molecular formula is C21H33N3O3. The van der Waals surface area contributed by atoms with Crippen LogP contribution in [-0.2, 0) is 16.0 Å². The van der Waals surface area contributed by atoms with Crippen LogP contribution < -0.4 is 4.74 Å². The largest absolute Gasteiger partial charge is 0.494 e. The Morgan fingerprint density at radius 1 is 0.926 bits per heavy atom. The molecule has 3 aliphatic heterocycles. The first kappa shape index (κ1) is 19.2. The lowest BCUT2D eigenvalue weighted by atomic mass is 10.0. The highest BCUT2D eigenvalue weighted by Crippen LogP contribution is 2.21. The van der Waals surface area contributed by atoms with Gasteiger partial charge in [-0.15, -0.1) is 0 Å². The molecule has 0 amide bonds. The van der Waals surface area contributed by atoms with Crippen LogP contribution in [-0.4, -0.2) is 99.6 Å². The van der Waals surface area contributed by atoms with Gasteiger partial charge in [-0.25, -0.2) is 0 Å². The number of morpholine rings is 2. The summed E-state index contributed by atoms with van der Waals surface area (Å²) in [4.78, 5) is 7.56. The number of nitrogens with zero attached hydrogens (tertiary/aromatic N) is 3. The summed E-state index contributed by atoms with van der Waals surface area (Å²) in [6, 6.07) is 9.32. The quantitative estimate of drug-likeness (QED) is 0.638. The Balaban J connectivity index is 1.15. The van der Waals surface area contributed by atoms with Crippen molar-refractivity contribution in [2.24, 2.45) is 0 Å². The second kappa shape index (κ2) is 9.85. The predicted molar refractivity (Wildman–Crippen MR) is 105 cm³/mol. The normalized spacial score (nSPS) is 23.3. The molecule has 0 aliphatic carbocycles. The van der Waals surface area contributed by atoms with Crippen LogP contribution >= 0.6 is 0 Å². The highest BCUT2D eigenvalue weighted by molar-refractivity contribution is 5.28. The van der Waals surface area contributed by atoms with Crippen LogP contribution in [0.2, 0.25) is 0 Å². The first-order valence-corrected chi connectivity index (χ1v) is 10.4. The van der Waals surface area contributed by atoms with E-state index in [1.807, 2.05) is 0 Å². The van der Waals surface area contributed by atoms with Gasteiger partial charge in [-0.2, -0.15) is 0 Å². The van der Waals surface area contributed by atoms with Crippen LogP contribution in [0.15, 0.2) is 24.3 Å². The summed E-state index contributed by atoms with van der Waals surface area (Å²) in [6.07, 6.45) is 1.07. The molecule has 3 aliphatic rings. The molecule has 0 bridgehead atoms. The minimum Gasteiger partial charge on any atom is -0.494 e. The van der Waals surface area contributed by atoms with Crippen LogP contribution in [0, 0.1) is 0 Å². The molecule has 3 saturated heterocycles. The summed E-state index contributed by atoms with van der Waals surface area (Å²) in [6.45, 7) is 13.0. The zero-order chi connectivity index (χ0) is 18.3. The van der Waals surface area contributed by atoms with Gasteiger partial charge in [0.2, 0.25) is 0 Å². The van der Waals surface area contributed by atoms with Crippen molar-refractivity contribution in [1.82, 2.24) is 14.7 Å². The number of ether oxygens (including phenoxy) is 3. The van der Waals surface area contributed by atoms with E-state index in [-0.39, 0.29) is 0 Å². The fourth-order valence-electron chi connectivity index (χ4n) is 4.14. The molecule has 0 N–H and O–H groups in total. The monoisotopic (exact) mass is 375 g/mol.